The Balaban J connectivity index is 1.81. The number of nitrogens with zero attached hydrogens (tertiary/aromatic N) is 3. The number of hydrogen-bond acceptors (Lipinski definition) is 5. The van der Waals surface area contributed by atoms with E-state index in [0.717, 1.165) is 24.0 Å². The van der Waals surface area contributed by atoms with Crippen molar-refractivity contribution in [3.63, 3.8) is 0 Å². The van der Waals surface area contributed by atoms with E-state index in [1.807, 2.05) is 43.3 Å². The molecule has 1 atom stereocenters. The van der Waals surface area contributed by atoms with Crippen LogP contribution >= 0.6 is 0 Å². The predicted molar refractivity (Wildman–Crippen MR) is 126 cm³/mol. The molecule has 1 aromatic carbocycles. The number of amides is 1. The van der Waals surface area contributed by atoms with Crippen LogP contribution in [0, 0.1) is 0 Å². The summed E-state index contributed by atoms with van der Waals surface area (Å²) in [5.41, 5.74) is 1.64. The van der Waals surface area contributed by atoms with Crippen LogP contribution in [0.5, 0.6) is 0 Å². The van der Waals surface area contributed by atoms with Crippen LogP contribution in [0.15, 0.2) is 58.3 Å². The van der Waals surface area contributed by atoms with Crippen molar-refractivity contribution < 1.29 is 4.79 Å². The molecule has 33 heavy (non-hydrogen) atoms. The van der Waals surface area contributed by atoms with Crippen LogP contribution in [0.4, 0.5) is 5.82 Å². The van der Waals surface area contributed by atoms with Gasteiger partial charge in [0.05, 0.1) is 0 Å². The molecule has 0 saturated heterocycles. The maximum Gasteiger partial charge on any atom is 0.330 e. The van der Waals surface area contributed by atoms with Gasteiger partial charge >= 0.3 is 5.69 Å². The summed E-state index contributed by atoms with van der Waals surface area (Å²) in [4.78, 5) is 50.9. The lowest BCUT2D eigenvalue weighted by Gasteiger charge is -2.15. The predicted octanol–water partition coefficient (Wildman–Crippen LogP) is 2.94. The summed E-state index contributed by atoms with van der Waals surface area (Å²) in [6, 6.07) is 13.6. The van der Waals surface area contributed by atoms with E-state index in [4.69, 9.17) is 4.98 Å². The summed E-state index contributed by atoms with van der Waals surface area (Å²) in [5.74, 6) is 0.592. The lowest BCUT2D eigenvalue weighted by atomic mass is 9.92. The minimum Gasteiger partial charge on any atom is -0.336 e. The van der Waals surface area contributed by atoms with E-state index in [-0.39, 0.29) is 17.3 Å². The highest BCUT2D eigenvalue weighted by Crippen LogP contribution is 2.28. The number of carbonyl (C=O) groups excluding carboxylic acids is 1. The Labute approximate surface area is 189 Å². The third kappa shape index (κ3) is 4.92. The molecule has 0 saturated carbocycles. The van der Waals surface area contributed by atoms with E-state index in [9.17, 15) is 14.4 Å². The number of hydrogen-bond donors (Lipinski definition) is 3. The summed E-state index contributed by atoms with van der Waals surface area (Å²) in [6.07, 6.45) is 4.01. The number of fused-ring (bicyclic) bond motifs is 1. The summed E-state index contributed by atoms with van der Waals surface area (Å²) < 4.78 is 1.51. The molecule has 9 heteroatoms. The minimum atomic E-state index is -0.487. The van der Waals surface area contributed by atoms with Crippen LogP contribution in [-0.2, 0) is 17.8 Å². The highest BCUT2D eigenvalue weighted by molar-refractivity contribution is 5.87. The molecule has 0 fully saturated rings. The van der Waals surface area contributed by atoms with Gasteiger partial charge in [0.1, 0.15) is 17.2 Å². The number of anilines is 1. The Morgan fingerprint density at radius 3 is 2.58 bits per heavy atom. The number of H-pyrrole nitrogens is 2. The standard InChI is InChI=1S/C24H26N6O3/c1-3-4-12-30-22-20(23(32)29-24(30)33)27-21(28-22)18(13-16-8-6-5-7-9-16)17-10-11-19(25-14-17)26-15(2)31/h5-11,14,18H,3-4,12-13H2,1-2H3,(H,27,28)(H,25,26,31)(H,29,32,33). The second-order valence-corrected chi connectivity index (χ2v) is 7.99. The third-order valence-corrected chi connectivity index (χ3v) is 5.49. The minimum absolute atomic E-state index is 0.197. The summed E-state index contributed by atoms with van der Waals surface area (Å²) in [6.45, 7) is 3.94. The number of aromatic amines is 2. The molecule has 0 aliphatic carbocycles. The van der Waals surface area contributed by atoms with Crippen LogP contribution < -0.4 is 16.6 Å². The molecule has 170 valence electrons. The number of aromatic nitrogens is 5. The molecule has 0 bridgehead atoms. The van der Waals surface area contributed by atoms with Gasteiger partial charge in [-0.3, -0.25) is 19.1 Å². The summed E-state index contributed by atoms with van der Waals surface area (Å²) in [5, 5.41) is 2.67. The molecule has 1 unspecified atom stereocenters. The molecule has 3 aromatic heterocycles. The van der Waals surface area contributed by atoms with Crippen molar-refractivity contribution in [2.24, 2.45) is 0 Å². The van der Waals surface area contributed by atoms with Crippen LogP contribution in [0.1, 0.15) is 49.6 Å². The SMILES string of the molecule is CCCCn1c(=O)[nH]c(=O)c2[nH]c(C(Cc3ccccc3)c3ccc(NC(C)=O)nc3)nc21. The van der Waals surface area contributed by atoms with E-state index < -0.39 is 11.2 Å². The van der Waals surface area contributed by atoms with Gasteiger partial charge in [0.2, 0.25) is 5.91 Å². The quantitative estimate of drug-likeness (QED) is 0.384. The first kappa shape index (κ1) is 22.2. The molecular weight excluding hydrogens is 420 g/mol. The normalized spacial score (nSPS) is 12.1. The van der Waals surface area contributed by atoms with Crippen LogP contribution in [-0.4, -0.2) is 30.4 Å². The molecule has 9 nitrogen and oxygen atoms in total. The summed E-state index contributed by atoms with van der Waals surface area (Å²) in [7, 11) is 0. The first-order valence-corrected chi connectivity index (χ1v) is 11.0. The number of unbranched alkanes of at least 4 members (excludes halogenated alkanes) is 1. The molecule has 0 spiro atoms. The van der Waals surface area contributed by atoms with Crippen molar-refractivity contribution in [3.8, 4) is 0 Å². The maximum atomic E-state index is 12.5. The van der Waals surface area contributed by atoms with Gasteiger partial charge in [0, 0.05) is 25.6 Å². The number of imidazole rings is 1. The lowest BCUT2D eigenvalue weighted by Crippen LogP contribution is -2.30. The fourth-order valence-corrected chi connectivity index (χ4v) is 3.84. The molecule has 0 radical (unpaired) electrons. The zero-order valence-electron chi connectivity index (χ0n) is 18.6. The fourth-order valence-electron chi connectivity index (χ4n) is 3.84. The van der Waals surface area contributed by atoms with Gasteiger partial charge < -0.3 is 10.3 Å². The van der Waals surface area contributed by atoms with Gasteiger partial charge in [-0.2, -0.15) is 0 Å². The zero-order valence-corrected chi connectivity index (χ0v) is 18.6. The average Bonchev–Trinajstić information content (AvgIpc) is 3.24. The second-order valence-electron chi connectivity index (χ2n) is 7.99. The van der Waals surface area contributed by atoms with Gasteiger partial charge in [0.15, 0.2) is 5.65 Å². The Kier molecular flexibility index (Phi) is 6.48. The Morgan fingerprint density at radius 1 is 1.12 bits per heavy atom. The van der Waals surface area contributed by atoms with Crippen molar-refractivity contribution in [2.75, 3.05) is 5.32 Å². The van der Waals surface area contributed by atoms with Crippen molar-refractivity contribution in [2.45, 2.75) is 45.6 Å². The summed E-state index contributed by atoms with van der Waals surface area (Å²) >= 11 is 0. The average molecular weight is 447 g/mol. The van der Waals surface area contributed by atoms with Crippen molar-refractivity contribution in [3.05, 3.63) is 86.5 Å². The molecule has 1 amide bonds. The molecule has 0 aliphatic rings. The van der Waals surface area contributed by atoms with Crippen molar-refractivity contribution in [1.29, 1.82) is 0 Å². The van der Waals surface area contributed by atoms with Gasteiger partial charge in [-0.15, -0.1) is 0 Å². The molecule has 3 N–H and O–H groups in total. The second kappa shape index (κ2) is 9.64. The number of nitrogens with one attached hydrogen (secondary N) is 3. The fraction of sp³-hybridized carbons (Fsp3) is 0.292. The van der Waals surface area contributed by atoms with Crippen molar-refractivity contribution >= 4 is 22.9 Å². The number of pyridine rings is 1. The van der Waals surface area contributed by atoms with Gasteiger partial charge in [-0.05, 0) is 30.0 Å². The first-order valence-electron chi connectivity index (χ1n) is 11.0. The van der Waals surface area contributed by atoms with E-state index in [0.29, 0.717) is 30.3 Å². The zero-order chi connectivity index (χ0) is 23.4. The highest BCUT2D eigenvalue weighted by atomic mass is 16.2. The smallest absolute Gasteiger partial charge is 0.330 e. The maximum absolute atomic E-state index is 12.5. The third-order valence-electron chi connectivity index (χ3n) is 5.49. The molecule has 4 rings (SSSR count). The molecule has 4 aromatic rings. The van der Waals surface area contributed by atoms with Crippen LogP contribution in [0.3, 0.4) is 0 Å². The molecule has 3 heterocycles. The Morgan fingerprint density at radius 2 is 1.91 bits per heavy atom. The number of rotatable bonds is 8. The van der Waals surface area contributed by atoms with Gasteiger partial charge in [-0.25, -0.2) is 14.8 Å². The Hall–Kier alpha value is -4.01. The molecular formula is C24H26N6O3. The van der Waals surface area contributed by atoms with E-state index in [2.05, 4.69) is 20.3 Å². The highest BCUT2D eigenvalue weighted by Gasteiger charge is 2.22. The topological polar surface area (TPSA) is 126 Å². The van der Waals surface area contributed by atoms with Gasteiger partial charge in [0.25, 0.3) is 5.56 Å². The largest absolute Gasteiger partial charge is 0.336 e. The number of benzene rings is 1. The lowest BCUT2D eigenvalue weighted by molar-refractivity contribution is -0.114. The van der Waals surface area contributed by atoms with Crippen molar-refractivity contribution in [1.82, 2.24) is 24.5 Å². The van der Waals surface area contributed by atoms with E-state index in [1.54, 1.807) is 12.3 Å². The van der Waals surface area contributed by atoms with E-state index in [1.165, 1.54) is 11.5 Å². The number of carbonyl (C=O) groups is 1. The van der Waals surface area contributed by atoms with E-state index >= 15 is 0 Å². The van der Waals surface area contributed by atoms with Gasteiger partial charge in [-0.1, -0.05) is 49.7 Å². The molecule has 0 aliphatic heterocycles. The monoisotopic (exact) mass is 446 g/mol. The number of aryl methyl sites for hydroxylation is 1. The van der Waals surface area contributed by atoms with Crippen LogP contribution in [0.2, 0.25) is 0 Å². The first-order chi connectivity index (χ1) is 16.0. The van der Waals surface area contributed by atoms with Crippen LogP contribution in [0.25, 0.3) is 11.2 Å². The Bertz CT molecular complexity index is 1370.